The molecule has 24 heavy (non-hydrogen) atoms. The van der Waals surface area contributed by atoms with E-state index in [1.54, 1.807) is 0 Å². The smallest absolute Gasteiger partial charge is 0.252 e. The lowest BCUT2D eigenvalue weighted by atomic mass is 9.93. The fraction of sp³-hybridized carbons (Fsp3) is 0.600. The molecule has 1 aliphatic rings. The van der Waals surface area contributed by atoms with Gasteiger partial charge in [0.1, 0.15) is 11.2 Å². The Morgan fingerprint density at radius 2 is 2.08 bits per heavy atom. The van der Waals surface area contributed by atoms with E-state index in [1.165, 1.54) is 17.0 Å². The number of rotatable bonds is 3. The zero-order valence-corrected chi connectivity index (χ0v) is 14.8. The summed E-state index contributed by atoms with van der Waals surface area (Å²) in [7, 11) is -3.46. The highest BCUT2D eigenvalue weighted by atomic mass is 32.2. The van der Waals surface area contributed by atoms with Gasteiger partial charge >= 0.3 is 0 Å². The third kappa shape index (κ3) is 3.00. The summed E-state index contributed by atoms with van der Waals surface area (Å²) in [4.78, 5) is 22.4. The number of carbonyl (C=O) groups excluding carboxylic acids is 1. The molecule has 130 valence electrons. The van der Waals surface area contributed by atoms with Gasteiger partial charge in [0, 0.05) is 31.2 Å². The highest BCUT2D eigenvalue weighted by Crippen LogP contribution is 2.31. The maximum atomic E-state index is 12.3. The molecule has 1 aliphatic heterocycles. The molecule has 1 amide bonds. The highest BCUT2D eigenvalue weighted by Gasteiger charge is 2.31. The minimum Gasteiger partial charge on any atom is -0.342 e. The minimum absolute atomic E-state index is 0.0815. The molecule has 3 heterocycles. The van der Waals surface area contributed by atoms with Gasteiger partial charge < -0.3 is 4.90 Å². The van der Waals surface area contributed by atoms with Crippen molar-refractivity contribution in [2.45, 2.75) is 37.5 Å². The molecule has 0 saturated carbocycles. The number of likely N-dealkylation sites (tertiary alicyclic amines) is 1. The molecular formula is C15H21N5O3S. The summed E-state index contributed by atoms with van der Waals surface area (Å²) < 4.78 is 25.9. The lowest BCUT2D eigenvalue weighted by molar-refractivity contribution is -0.135. The van der Waals surface area contributed by atoms with Crippen molar-refractivity contribution in [1.29, 1.82) is 0 Å². The van der Waals surface area contributed by atoms with Crippen molar-refractivity contribution in [2.24, 2.45) is 5.92 Å². The second-order valence-electron chi connectivity index (χ2n) is 6.53. The number of nitrogens with zero attached hydrogens (tertiary/aromatic N) is 5. The van der Waals surface area contributed by atoms with Gasteiger partial charge in [-0.2, -0.15) is 14.6 Å². The summed E-state index contributed by atoms with van der Waals surface area (Å²) in [6.45, 7) is 4.93. The molecule has 0 aliphatic carbocycles. The van der Waals surface area contributed by atoms with Crippen LogP contribution in [0, 0.1) is 5.92 Å². The molecule has 2 aromatic rings. The van der Waals surface area contributed by atoms with Gasteiger partial charge in [-0.1, -0.05) is 13.8 Å². The largest absolute Gasteiger partial charge is 0.342 e. The first-order valence-electron chi connectivity index (χ1n) is 7.96. The van der Waals surface area contributed by atoms with Crippen LogP contribution in [0.15, 0.2) is 17.4 Å². The fourth-order valence-electron chi connectivity index (χ4n) is 3.21. The Hall–Kier alpha value is -2.03. The van der Waals surface area contributed by atoms with Gasteiger partial charge in [0.15, 0.2) is 9.84 Å². The molecule has 1 atom stereocenters. The van der Waals surface area contributed by atoms with Crippen molar-refractivity contribution in [3.63, 3.8) is 0 Å². The summed E-state index contributed by atoms with van der Waals surface area (Å²) in [6, 6.07) is 0. The summed E-state index contributed by atoms with van der Waals surface area (Å²) >= 11 is 0. The molecule has 0 N–H and O–H groups in total. The molecule has 0 bridgehead atoms. The quantitative estimate of drug-likeness (QED) is 0.814. The van der Waals surface area contributed by atoms with Crippen molar-refractivity contribution in [1.82, 2.24) is 24.5 Å². The number of carbonyl (C=O) groups is 1. The number of hydrogen-bond acceptors (Lipinski definition) is 6. The summed E-state index contributed by atoms with van der Waals surface area (Å²) in [5.74, 6) is 0.259. The highest BCUT2D eigenvalue weighted by molar-refractivity contribution is 7.90. The standard InChI is InChI=1S/C15H21N5O3S/c1-10(2)14(21)19-6-4-5-11(8-19)13-12(24(3,22)23)7-16-15-17-9-18-20(13)15/h7,9-11H,4-6,8H2,1-3H3. The van der Waals surface area contributed by atoms with E-state index < -0.39 is 9.84 Å². The molecule has 8 nitrogen and oxygen atoms in total. The molecular weight excluding hydrogens is 330 g/mol. The van der Waals surface area contributed by atoms with Crippen LogP contribution in [-0.4, -0.2) is 58.2 Å². The van der Waals surface area contributed by atoms with Crippen LogP contribution in [0.25, 0.3) is 5.78 Å². The van der Waals surface area contributed by atoms with Gasteiger partial charge in [-0.05, 0) is 12.8 Å². The maximum absolute atomic E-state index is 12.3. The molecule has 1 fully saturated rings. The van der Waals surface area contributed by atoms with Crippen LogP contribution in [0.2, 0.25) is 0 Å². The number of hydrogen-bond donors (Lipinski definition) is 0. The number of amides is 1. The number of aromatic nitrogens is 4. The van der Waals surface area contributed by atoms with Crippen LogP contribution in [0.4, 0.5) is 0 Å². The first-order chi connectivity index (χ1) is 11.3. The number of piperidine rings is 1. The summed E-state index contributed by atoms with van der Waals surface area (Å²) in [5, 5.41) is 4.15. The fourth-order valence-corrected chi connectivity index (χ4v) is 4.08. The number of sulfone groups is 1. The van der Waals surface area contributed by atoms with Crippen LogP contribution in [0.1, 0.15) is 38.3 Å². The summed E-state index contributed by atoms with van der Waals surface area (Å²) in [5.41, 5.74) is 0.571. The minimum atomic E-state index is -3.46. The molecule has 1 unspecified atom stereocenters. The topological polar surface area (TPSA) is 97.5 Å². The van der Waals surface area contributed by atoms with Crippen molar-refractivity contribution < 1.29 is 13.2 Å². The Kier molecular flexibility index (Phi) is 4.29. The van der Waals surface area contributed by atoms with Crippen LogP contribution in [0.5, 0.6) is 0 Å². The summed E-state index contributed by atoms with van der Waals surface area (Å²) in [6.07, 6.45) is 5.49. The lowest BCUT2D eigenvalue weighted by Gasteiger charge is -2.34. The average Bonchev–Trinajstić information content (AvgIpc) is 3.00. The van der Waals surface area contributed by atoms with Gasteiger partial charge in [0.25, 0.3) is 5.78 Å². The van der Waals surface area contributed by atoms with Gasteiger partial charge in [-0.3, -0.25) is 4.79 Å². The van der Waals surface area contributed by atoms with Gasteiger partial charge in [0.2, 0.25) is 5.91 Å². The Bertz CT molecular complexity index is 874. The van der Waals surface area contributed by atoms with Gasteiger partial charge in [-0.25, -0.2) is 13.4 Å². The van der Waals surface area contributed by atoms with Crippen molar-refractivity contribution in [3.8, 4) is 0 Å². The van der Waals surface area contributed by atoms with Crippen molar-refractivity contribution >= 4 is 21.5 Å². The molecule has 1 saturated heterocycles. The monoisotopic (exact) mass is 351 g/mol. The average molecular weight is 351 g/mol. The van der Waals surface area contributed by atoms with Crippen molar-refractivity contribution in [3.05, 3.63) is 18.2 Å². The SMILES string of the molecule is CC(C)C(=O)N1CCCC(c2c(S(C)(=O)=O)cnc3ncnn23)C1. The van der Waals surface area contributed by atoms with E-state index in [9.17, 15) is 13.2 Å². The molecule has 0 spiro atoms. The van der Waals surface area contributed by atoms with Crippen LogP contribution < -0.4 is 0 Å². The molecule has 3 rings (SSSR count). The zero-order valence-electron chi connectivity index (χ0n) is 14.0. The van der Waals surface area contributed by atoms with E-state index in [-0.39, 0.29) is 22.6 Å². The Morgan fingerprint density at radius 1 is 1.33 bits per heavy atom. The van der Waals surface area contributed by atoms with Gasteiger partial charge in [-0.15, -0.1) is 0 Å². The predicted octanol–water partition coefficient (Wildman–Crippen LogP) is 0.890. The van der Waals surface area contributed by atoms with Gasteiger partial charge in [0.05, 0.1) is 11.9 Å². The maximum Gasteiger partial charge on any atom is 0.252 e. The predicted molar refractivity (Wildman–Crippen MR) is 87.3 cm³/mol. The van der Waals surface area contributed by atoms with E-state index in [0.717, 1.165) is 19.1 Å². The third-order valence-electron chi connectivity index (χ3n) is 4.32. The third-order valence-corrected chi connectivity index (χ3v) is 5.43. The first kappa shape index (κ1) is 16.8. The van der Waals surface area contributed by atoms with E-state index in [2.05, 4.69) is 15.1 Å². The first-order valence-corrected chi connectivity index (χ1v) is 9.85. The van der Waals surface area contributed by atoms with Crippen LogP contribution in [-0.2, 0) is 14.6 Å². The van der Waals surface area contributed by atoms with E-state index >= 15 is 0 Å². The number of fused-ring (bicyclic) bond motifs is 1. The molecule has 0 radical (unpaired) electrons. The zero-order chi connectivity index (χ0) is 17.5. The van der Waals surface area contributed by atoms with Crippen LogP contribution >= 0.6 is 0 Å². The Morgan fingerprint density at radius 3 is 2.75 bits per heavy atom. The van der Waals surface area contributed by atoms with Crippen molar-refractivity contribution in [2.75, 3.05) is 19.3 Å². The Labute approximate surface area is 140 Å². The molecule has 2 aromatic heterocycles. The van der Waals surface area contributed by atoms with E-state index in [0.29, 0.717) is 24.6 Å². The second-order valence-corrected chi connectivity index (χ2v) is 8.51. The lowest BCUT2D eigenvalue weighted by Crippen LogP contribution is -2.41. The van der Waals surface area contributed by atoms with Crippen LogP contribution in [0.3, 0.4) is 0 Å². The second kappa shape index (κ2) is 6.12. The van der Waals surface area contributed by atoms with E-state index in [4.69, 9.17) is 0 Å². The molecule has 9 heteroatoms. The Balaban J connectivity index is 2.07. The van der Waals surface area contributed by atoms with E-state index in [1.807, 2.05) is 18.7 Å². The normalized spacial score (nSPS) is 19.2. The molecule has 0 aromatic carbocycles.